The normalized spacial score (nSPS) is 25.4. The molecule has 1 rings (SSSR count). The van der Waals surface area contributed by atoms with Gasteiger partial charge in [-0.25, -0.2) is 0 Å². The van der Waals surface area contributed by atoms with Crippen LogP contribution in [0.2, 0.25) is 0 Å². The molecule has 2 unspecified atom stereocenters. The van der Waals surface area contributed by atoms with Crippen LogP contribution in [0.25, 0.3) is 0 Å². The minimum atomic E-state index is 0.352. The number of nitrogens with two attached hydrogens (primary N) is 1. The van der Waals surface area contributed by atoms with E-state index in [-0.39, 0.29) is 0 Å². The quantitative estimate of drug-likeness (QED) is 0.705. The number of unbranched alkanes of at least 4 members (excludes halogenated alkanes) is 1. The molecule has 15 heavy (non-hydrogen) atoms. The fourth-order valence-electron chi connectivity index (χ4n) is 2.59. The van der Waals surface area contributed by atoms with E-state index in [4.69, 9.17) is 10.5 Å². The summed E-state index contributed by atoms with van der Waals surface area (Å²) in [6.07, 6.45) is 9.20. The zero-order valence-electron chi connectivity index (χ0n) is 10.4. The van der Waals surface area contributed by atoms with Gasteiger partial charge in [-0.1, -0.05) is 26.7 Å². The van der Waals surface area contributed by atoms with Crippen molar-refractivity contribution in [2.75, 3.05) is 13.2 Å². The van der Waals surface area contributed by atoms with Gasteiger partial charge in [-0.2, -0.15) is 0 Å². The predicted octanol–water partition coefficient (Wildman–Crippen LogP) is 3.10. The van der Waals surface area contributed by atoms with Gasteiger partial charge in [0.05, 0.1) is 6.10 Å². The van der Waals surface area contributed by atoms with E-state index in [9.17, 15) is 0 Å². The summed E-state index contributed by atoms with van der Waals surface area (Å²) in [6.45, 7) is 6.31. The van der Waals surface area contributed by atoms with Crippen molar-refractivity contribution >= 4 is 0 Å². The summed E-state index contributed by atoms with van der Waals surface area (Å²) in [6, 6.07) is 0. The summed E-state index contributed by atoms with van der Waals surface area (Å²) in [5.41, 5.74) is 6.33. The van der Waals surface area contributed by atoms with Crippen molar-refractivity contribution in [1.82, 2.24) is 0 Å². The van der Waals surface area contributed by atoms with Crippen LogP contribution in [0.4, 0.5) is 0 Å². The Morgan fingerprint density at radius 2 is 2.20 bits per heavy atom. The second-order valence-electron chi connectivity index (χ2n) is 5.00. The second kappa shape index (κ2) is 6.49. The molecule has 0 aromatic heterocycles. The maximum Gasteiger partial charge on any atom is 0.0581 e. The van der Waals surface area contributed by atoms with Gasteiger partial charge in [0.15, 0.2) is 0 Å². The van der Waals surface area contributed by atoms with Crippen molar-refractivity contribution in [2.24, 2.45) is 11.1 Å². The minimum Gasteiger partial charge on any atom is -0.378 e. The molecule has 0 aromatic rings. The summed E-state index contributed by atoms with van der Waals surface area (Å²) in [4.78, 5) is 0. The van der Waals surface area contributed by atoms with Gasteiger partial charge in [-0.3, -0.25) is 0 Å². The maximum atomic E-state index is 5.98. The van der Waals surface area contributed by atoms with E-state index < -0.39 is 0 Å². The van der Waals surface area contributed by atoms with E-state index in [0.29, 0.717) is 11.5 Å². The van der Waals surface area contributed by atoms with Crippen LogP contribution in [-0.2, 0) is 4.74 Å². The van der Waals surface area contributed by atoms with Crippen molar-refractivity contribution in [2.45, 2.75) is 64.9 Å². The molecule has 1 aliphatic heterocycles. The van der Waals surface area contributed by atoms with Gasteiger partial charge in [-0.15, -0.1) is 0 Å². The van der Waals surface area contributed by atoms with Crippen molar-refractivity contribution in [3.63, 3.8) is 0 Å². The minimum absolute atomic E-state index is 0.352. The number of hydrogen-bond donors (Lipinski definition) is 1. The van der Waals surface area contributed by atoms with Gasteiger partial charge in [-0.05, 0) is 44.1 Å². The van der Waals surface area contributed by atoms with Gasteiger partial charge in [0.1, 0.15) is 0 Å². The Labute approximate surface area is 94.6 Å². The highest BCUT2D eigenvalue weighted by molar-refractivity contribution is 4.83. The van der Waals surface area contributed by atoms with Crippen LogP contribution in [0.3, 0.4) is 0 Å². The highest BCUT2D eigenvalue weighted by atomic mass is 16.5. The Kier molecular flexibility index (Phi) is 5.62. The molecule has 0 radical (unpaired) electrons. The largest absolute Gasteiger partial charge is 0.378 e. The van der Waals surface area contributed by atoms with E-state index in [0.717, 1.165) is 13.2 Å². The van der Waals surface area contributed by atoms with E-state index in [1.165, 1.54) is 44.9 Å². The van der Waals surface area contributed by atoms with Gasteiger partial charge in [0.25, 0.3) is 0 Å². The first-order valence-electron chi connectivity index (χ1n) is 6.58. The van der Waals surface area contributed by atoms with Crippen LogP contribution in [0, 0.1) is 5.41 Å². The Hall–Kier alpha value is -0.0800. The molecule has 2 N–H and O–H groups in total. The lowest BCUT2D eigenvalue weighted by Crippen LogP contribution is -2.33. The van der Waals surface area contributed by atoms with Gasteiger partial charge in [0.2, 0.25) is 0 Å². The van der Waals surface area contributed by atoms with Crippen molar-refractivity contribution in [1.29, 1.82) is 0 Å². The Bertz CT molecular complexity index is 160. The van der Waals surface area contributed by atoms with Crippen LogP contribution < -0.4 is 5.73 Å². The summed E-state index contributed by atoms with van der Waals surface area (Å²) in [5, 5.41) is 0. The number of rotatable bonds is 7. The molecular weight excluding hydrogens is 186 g/mol. The third-order valence-corrected chi connectivity index (χ3v) is 3.93. The van der Waals surface area contributed by atoms with Gasteiger partial charge >= 0.3 is 0 Å². The van der Waals surface area contributed by atoms with E-state index >= 15 is 0 Å². The molecule has 1 saturated heterocycles. The zero-order valence-corrected chi connectivity index (χ0v) is 10.4. The third-order valence-electron chi connectivity index (χ3n) is 3.93. The molecule has 0 aliphatic carbocycles. The summed E-state index contributed by atoms with van der Waals surface area (Å²) in [5.74, 6) is 0. The molecule has 0 spiro atoms. The first-order valence-corrected chi connectivity index (χ1v) is 6.58. The zero-order chi connectivity index (χ0) is 11.1. The average molecular weight is 213 g/mol. The predicted molar refractivity (Wildman–Crippen MR) is 64.9 cm³/mol. The molecule has 2 nitrogen and oxygen atoms in total. The van der Waals surface area contributed by atoms with E-state index in [1.807, 2.05) is 0 Å². The Morgan fingerprint density at radius 1 is 1.40 bits per heavy atom. The molecule has 2 heteroatoms. The summed E-state index contributed by atoms with van der Waals surface area (Å²) >= 11 is 0. The van der Waals surface area contributed by atoms with Crippen molar-refractivity contribution in [3.8, 4) is 0 Å². The maximum absolute atomic E-state index is 5.98. The Morgan fingerprint density at radius 3 is 2.67 bits per heavy atom. The SMILES string of the molecule is CCCCC(CC)(CN)CC1CCCO1. The van der Waals surface area contributed by atoms with Crippen molar-refractivity contribution < 1.29 is 4.74 Å². The van der Waals surface area contributed by atoms with Crippen LogP contribution in [0.15, 0.2) is 0 Å². The molecule has 0 saturated carbocycles. The molecule has 1 heterocycles. The second-order valence-corrected chi connectivity index (χ2v) is 5.00. The highest BCUT2D eigenvalue weighted by Crippen LogP contribution is 2.36. The monoisotopic (exact) mass is 213 g/mol. The Balaban J connectivity index is 2.45. The molecule has 90 valence electrons. The fourth-order valence-corrected chi connectivity index (χ4v) is 2.59. The molecule has 0 amide bonds. The lowest BCUT2D eigenvalue weighted by molar-refractivity contribution is 0.0567. The average Bonchev–Trinajstić information content (AvgIpc) is 2.77. The van der Waals surface area contributed by atoms with Crippen LogP contribution in [-0.4, -0.2) is 19.3 Å². The third kappa shape index (κ3) is 3.76. The fraction of sp³-hybridized carbons (Fsp3) is 1.00. The topological polar surface area (TPSA) is 35.2 Å². The smallest absolute Gasteiger partial charge is 0.0581 e. The van der Waals surface area contributed by atoms with Crippen molar-refractivity contribution in [3.05, 3.63) is 0 Å². The van der Waals surface area contributed by atoms with Gasteiger partial charge < -0.3 is 10.5 Å². The lowest BCUT2D eigenvalue weighted by atomic mass is 9.75. The number of hydrogen-bond acceptors (Lipinski definition) is 2. The molecule has 2 atom stereocenters. The molecule has 1 fully saturated rings. The highest BCUT2D eigenvalue weighted by Gasteiger charge is 2.31. The number of ether oxygens (including phenoxy) is 1. The first kappa shape index (κ1) is 13.0. The molecule has 0 aromatic carbocycles. The van der Waals surface area contributed by atoms with Crippen LogP contribution in [0.1, 0.15) is 58.8 Å². The first-order chi connectivity index (χ1) is 7.26. The molecule has 0 bridgehead atoms. The lowest BCUT2D eigenvalue weighted by Gasteiger charge is -2.33. The summed E-state index contributed by atoms with van der Waals surface area (Å²) < 4.78 is 5.74. The van der Waals surface area contributed by atoms with Crippen LogP contribution >= 0.6 is 0 Å². The molecular formula is C13H27NO. The molecule has 1 aliphatic rings. The summed E-state index contributed by atoms with van der Waals surface area (Å²) in [7, 11) is 0. The van der Waals surface area contributed by atoms with Gasteiger partial charge in [0, 0.05) is 6.61 Å². The van der Waals surface area contributed by atoms with Crippen LogP contribution in [0.5, 0.6) is 0 Å². The van der Waals surface area contributed by atoms with E-state index in [1.54, 1.807) is 0 Å². The van der Waals surface area contributed by atoms with E-state index in [2.05, 4.69) is 13.8 Å². The standard InChI is InChI=1S/C13H27NO/c1-3-5-8-13(4-2,11-14)10-12-7-6-9-15-12/h12H,3-11,14H2,1-2H3.